The molecule has 13 heteroatoms. The lowest BCUT2D eigenvalue weighted by Gasteiger charge is -2.13. The Morgan fingerprint density at radius 3 is 2.25 bits per heavy atom. The van der Waals surface area contributed by atoms with Gasteiger partial charge in [-0.1, -0.05) is 0 Å². The van der Waals surface area contributed by atoms with Gasteiger partial charge in [0.25, 0.3) is 0 Å². The quantitative estimate of drug-likeness (QED) is 0.440. The molecule has 1 N–H and O–H groups in total. The van der Waals surface area contributed by atoms with Crippen molar-refractivity contribution in [2.45, 2.75) is 19.3 Å². The van der Waals surface area contributed by atoms with Crippen LogP contribution in [0, 0.1) is 6.92 Å². The number of hydrogen-bond acceptors (Lipinski definition) is 7. The number of halogens is 6. The van der Waals surface area contributed by atoms with Crippen molar-refractivity contribution in [2.75, 3.05) is 5.32 Å². The van der Waals surface area contributed by atoms with Crippen LogP contribution < -0.4 is 5.32 Å². The van der Waals surface area contributed by atoms with E-state index in [0.717, 1.165) is 18.5 Å². The molecule has 4 aromatic heterocycles. The van der Waals surface area contributed by atoms with Crippen LogP contribution in [-0.4, -0.2) is 29.9 Å². The molecule has 32 heavy (non-hydrogen) atoms. The molecule has 0 aromatic carbocycles. The summed E-state index contributed by atoms with van der Waals surface area (Å²) in [6, 6.07) is 2.42. The SMILES string of the molecule is Cc1cnc(-c2cnc3c(Nc4cnc(C(F)(F)F)cn4)ccnc3n2)c(C(F)(F)F)c1. The van der Waals surface area contributed by atoms with Gasteiger partial charge in [0.1, 0.15) is 22.7 Å². The Morgan fingerprint density at radius 2 is 1.59 bits per heavy atom. The third-order valence-electron chi connectivity index (χ3n) is 4.22. The first-order valence-corrected chi connectivity index (χ1v) is 8.84. The molecule has 0 spiro atoms. The molecule has 4 aromatic rings. The minimum atomic E-state index is -4.65. The number of alkyl halides is 6. The molecule has 0 aliphatic heterocycles. The molecule has 0 aliphatic carbocycles. The van der Waals surface area contributed by atoms with Crippen molar-refractivity contribution in [1.82, 2.24) is 29.9 Å². The first kappa shape index (κ1) is 21.3. The van der Waals surface area contributed by atoms with Crippen LogP contribution in [0.4, 0.5) is 37.8 Å². The summed E-state index contributed by atoms with van der Waals surface area (Å²) in [6.45, 7) is 1.49. The number of hydrogen-bond donors (Lipinski definition) is 1. The monoisotopic (exact) mass is 451 g/mol. The normalized spacial score (nSPS) is 12.2. The van der Waals surface area contributed by atoms with Gasteiger partial charge in [-0.15, -0.1) is 0 Å². The molecule has 0 aliphatic rings. The number of nitrogens with one attached hydrogen (secondary N) is 1. The molecule has 0 saturated heterocycles. The molecule has 4 heterocycles. The van der Waals surface area contributed by atoms with E-state index in [1.807, 2.05) is 0 Å². The first-order valence-electron chi connectivity index (χ1n) is 8.84. The van der Waals surface area contributed by atoms with E-state index in [1.54, 1.807) is 0 Å². The van der Waals surface area contributed by atoms with Gasteiger partial charge in [-0.05, 0) is 24.6 Å². The zero-order chi connectivity index (χ0) is 23.1. The third kappa shape index (κ3) is 4.26. The number of pyridine rings is 2. The van der Waals surface area contributed by atoms with Crippen LogP contribution in [0.25, 0.3) is 22.6 Å². The highest BCUT2D eigenvalue weighted by atomic mass is 19.4. The van der Waals surface area contributed by atoms with Gasteiger partial charge in [-0.25, -0.2) is 24.9 Å². The average molecular weight is 451 g/mol. The summed E-state index contributed by atoms with van der Waals surface area (Å²) < 4.78 is 78.2. The van der Waals surface area contributed by atoms with Crippen LogP contribution in [-0.2, 0) is 12.4 Å². The van der Waals surface area contributed by atoms with Crippen molar-refractivity contribution < 1.29 is 26.3 Å². The highest BCUT2D eigenvalue weighted by Gasteiger charge is 2.35. The van der Waals surface area contributed by atoms with Gasteiger partial charge >= 0.3 is 12.4 Å². The smallest absolute Gasteiger partial charge is 0.337 e. The zero-order valence-electron chi connectivity index (χ0n) is 16.0. The molecule has 7 nitrogen and oxygen atoms in total. The fourth-order valence-electron chi connectivity index (χ4n) is 2.80. The fraction of sp³-hybridized carbons (Fsp3) is 0.158. The summed E-state index contributed by atoms with van der Waals surface area (Å²) in [5.74, 6) is -0.00376. The minimum Gasteiger partial charge on any atom is -0.337 e. The van der Waals surface area contributed by atoms with Crippen LogP contribution in [0.5, 0.6) is 0 Å². The van der Waals surface area contributed by atoms with E-state index in [4.69, 9.17) is 0 Å². The van der Waals surface area contributed by atoms with Gasteiger partial charge in [0.2, 0.25) is 0 Å². The van der Waals surface area contributed by atoms with Gasteiger partial charge < -0.3 is 5.32 Å². The second-order valence-corrected chi connectivity index (χ2v) is 6.60. The number of aromatic nitrogens is 6. The summed E-state index contributed by atoms with van der Waals surface area (Å²) in [7, 11) is 0. The van der Waals surface area contributed by atoms with Crippen molar-refractivity contribution in [3.8, 4) is 11.4 Å². The van der Waals surface area contributed by atoms with E-state index < -0.39 is 29.3 Å². The van der Waals surface area contributed by atoms with Crippen molar-refractivity contribution in [1.29, 1.82) is 0 Å². The van der Waals surface area contributed by atoms with Gasteiger partial charge in [0.15, 0.2) is 11.3 Å². The summed E-state index contributed by atoms with van der Waals surface area (Å²) in [4.78, 5) is 23.1. The van der Waals surface area contributed by atoms with Crippen molar-refractivity contribution in [2.24, 2.45) is 0 Å². The Labute approximate surface area is 175 Å². The topological polar surface area (TPSA) is 89.4 Å². The van der Waals surface area contributed by atoms with Crippen LogP contribution in [0.2, 0.25) is 0 Å². The summed E-state index contributed by atoms with van der Waals surface area (Å²) >= 11 is 0. The molecule has 0 fully saturated rings. The highest BCUT2D eigenvalue weighted by Crippen LogP contribution is 2.36. The predicted octanol–water partition coefficient (Wildman–Crippen LogP) is 4.97. The summed E-state index contributed by atoms with van der Waals surface area (Å²) in [5.41, 5.74) is -1.87. The maximum Gasteiger partial charge on any atom is 0.434 e. The summed E-state index contributed by atoms with van der Waals surface area (Å²) in [6.07, 6.45) is -4.11. The van der Waals surface area contributed by atoms with Crippen LogP contribution in [0.1, 0.15) is 16.8 Å². The predicted molar refractivity (Wildman–Crippen MR) is 101 cm³/mol. The Bertz CT molecular complexity index is 1290. The van der Waals surface area contributed by atoms with Crippen molar-refractivity contribution >= 4 is 22.7 Å². The van der Waals surface area contributed by atoms with E-state index in [0.29, 0.717) is 11.8 Å². The van der Waals surface area contributed by atoms with E-state index in [-0.39, 0.29) is 28.4 Å². The highest BCUT2D eigenvalue weighted by molar-refractivity contribution is 5.87. The van der Waals surface area contributed by atoms with E-state index in [2.05, 4.69) is 35.2 Å². The Balaban J connectivity index is 1.71. The molecular formula is C19H11F6N7. The molecule has 0 saturated carbocycles. The lowest BCUT2D eigenvalue weighted by molar-refractivity contribution is -0.141. The van der Waals surface area contributed by atoms with Gasteiger partial charge in [-0.2, -0.15) is 26.3 Å². The first-order chi connectivity index (χ1) is 15.0. The summed E-state index contributed by atoms with van der Waals surface area (Å²) in [5, 5.41) is 2.75. The van der Waals surface area contributed by atoms with Gasteiger partial charge in [-0.3, -0.25) is 4.98 Å². The third-order valence-corrected chi connectivity index (χ3v) is 4.22. The second-order valence-electron chi connectivity index (χ2n) is 6.60. The zero-order valence-corrected chi connectivity index (χ0v) is 16.0. The average Bonchev–Trinajstić information content (AvgIpc) is 2.73. The largest absolute Gasteiger partial charge is 0.434 e. The number of anilines is 2. The van der Waals surface area contributed by atoms with E-state index >= 15 is 0 Å². The van der Waals surface area contributed by atoms with Gasteiger partial charge in [0.05, 0.1) is 29.8 Å². The molecular weight excluding hydrogens is 440 g/mol. The minimum absolute atomic E-state index is 0.00266. The Kier molecular flexibility index (Phi) is 5.11. The number of fused-ring (bicyclic) bond motifs is 1. The molecule has 0 unspecified atom stereocenters. The molecule has 0 radical (unpaired) electrons. The standard InChI is InChI=1S/C19H11F6N7/c1-9-4-10(18(20,21)22)15(29-5-9)12-6-30-16-11(2-3-26-17(16)32-12)31-14-8-27-13(7-28-14)19(23,24)25/h2-8H,1H3,(H,26,28,31,32). The molecule has 4 rings (SSSR count). The molecule has 0 amide bonds. The molecule has 0 bridgehead atoms. The lowest BCUT2D eigenvalue weighted by Crippen LogP contribution is -2.10. The number of rotatable bonds is 3. The Hall–Kier alpha value is -3.90. The van der Waals surface area contributed by atoms with E-state index in [1.165, 1.54) is 25.4 Å². The molecule has 164 valence electrons. The van der Waals surface area contributed by atoms with Crippen molar-refractivity contribution in [3.05, 3.63) is 59.9 Å². The van der Waals surface area contributed by atoms with Crippen LogP contribution in [0.15, 0.2) is 43.1 Å². The van der Waals surface area contributed by atoms with Crippen LogP contribution in [0.3, 0.4) is 0 Å². The maximum atomic E-state index is 13.4. The van der Waals surface area contributed by atoms with E-state index in [9.17, 15) is 26.3 Å². The number of nitrogens with zero attached hydrogens (tertiary/aromatic N) is 6. The van der Waals surface area contributed by atoms with Crippen LogP contribution >= 0.6 is 0 Å². The maximum absolute atomic E-state index is 13.4. The second kappa shape index (κ2) is 7.66. The van der Waals surface area contributed by atoms with Crippen molar-refractivity contribution in [3.63, 3.8) is 0 Å². The molecule has 0 atom stereocenters. The number of aryl methyl sites for hydroxylation is 1. The lowest BCUT2D eigenvalue weighted by atomic mass is 10.1. The van der Waals surface area contributed by atoms with Gasteiger partial charge in [0, 0.05) is 12.4 Å². The fourth-order valence-corrected chi connectivity index (χ4v) is 2.80. The Morgan fingerprint density at radius 1 is 0.812 bits per heavy atom.